The third kappa shape index (κ3) is 6.16. The molecule has 32 heavy (non-hydrogen) atoms. The second-order valence-corrected chi connectivity index (χ2v) is 7.89. The van der Waals surface area contributed by atoms with Crippen molar-refractivity contribution in [3.63, 3.8) is 0 Å². The fourth-order valence-electron chi connectivity index (χ4n) is 4.07. The van der Waals surface area contributed by atoms with Crippen LogP contribution in [0.4, 0.5) is 13.2 Å². The third-order valence-corrected chi connectivity index (χ3v) is 5.77. The number of ether oxygens (including phenoxy) is 2. The van der Waals surface area contributed by atoms with Crippen LogP contribution in [0.2, 0.25) is 0 Å². The summed E-state index contributed by atoms with van der Waals surface area (Å²) < 4.78 is 49.1. The van der Waals surface area contributed by atoms with Crippen molar-refractivity contribution in [2.24, 2.45) is 0 Å². The Kier molecular flexibility index (Phi) is 8.01. The molecule has 0 spiro atoms. The lowest BCUT2D eigenvalue weighted by molar-refractivity contribution is -0.137. The van der Waals surface area contributed by atoms with Crippen LogP contribution in [0.15, 0.2) is 42.5 Å². The van der Waals surface area contributed by atoms with Gasteiger partial charge in [-0.05, 0) is 61.2 Å². The first-order valence-corrected chi connectivity index (χ1v) is 10.7. The quantitative estimate of drug-likeness (QED) is 0.638. The van der Waals surface area contributed by atoms with Crippen LogP contribution in [0.3, 0.4) is 0 Å². The number of benzene rings is 2. The van der Waals surface area contributed by atoms with E-state index < -0.39 is 11.7 Å². The summed E-state index contributed by atoms with van der Waals surface area (Å²) in [6, 6.07) is 10.9. The van der Waals surface area contributed by atoms with E-state index in [2.05, 4.69) is 10.2 Å². The van der Waals surface area contributed by atoms with E-state index in [0.29, 0.717) is 24.5 Å². The summed E-state index contributed by atoms with van der Waals surface area (Å²) in [6.07, 6.45) is -0.920. The normalized spacial score (nSPS) is 17.1. The number of hydrogen-bond donors (Lipinski definition) is 1. The molecule has 1 aliphatic rings. The first-order valence-electron chi connectivity index (χ1n) is 10.7. The van der Waals surface area contributed by atoms with Crippen molar-refractivity contribution in [1.29, 1.82) is 0 Å². The fourth-order valence-corrected chi connectivity index (χ4v) is 4.07. The number of rotatable bonds is 8. The molecule has 1 N–H and O–H groups in total. The lowest BCUT2D eigenvalue weighted by Gasteiger charge is -2.35. The highest BCUT2D eigenvalue weighted by Gasteiger charge is 2.31. The van der Waals surface area contributed by atoms with E-state index in [0.717, 1.165) is 49.1 Å². The molecule has 2 aromatic rings. The Bertz CT molecular complexity index is 900. The molecule has 0 saturated carbocycles. The fraction of sp³-hybridized carbons (Fsp3) is 0.458. The van der Waals surface area contributed by atoms with E-state index >= 15 is 0 Å². The first-order chi connectivity index (χ1) is 15.3. The van der Waals surface area contributed by atoms with Gasteiger partial charge in [0.25, 0.3) is 0 Å². The number of nitrogens with zero attached hydrogens (tertiary/aromatic N) is 1. The summed E-state index contributed by atoms with van der Waals surface area (Å²) in [6.45, 7) is 1.44. The third-order valence-electron chi connectivity index (χ3n) is 5.77. The monoisotopic (exact) mass is 450 g/mol. The Morgan fingerprint density at radius 3 is 2.44 bits per heavy atom. The number of methoxy groups -OCH3 is 2. The van der Waals surface area contributed by atoms with Crippen LogP contribution < -0.4 is 14.8 Å². The SMILES string of the molecule is COc1ccc(CCNC(=O)CN2CCCCC2c2ccc(C(F)(F)F)cc2)cc1OC. The van der Waals surface area contributed by atoms with E-state index in [4.69, 9.17) is 9.47 Å². The number of hydrogen-bond acceptors (Lipinski definition) is 4. The van der Waals surface area contributed by atoms with Gasteiger partial charge in [-0.2, -0.15) is 13.2 Å². The molecule has 1 saturated heterocycles. The lowest BCUT2D eigenvalue weighted by atomic mass is 9.94. The van der Waals surface area contributed by atoms with Gasteiger partial charge in [0.05, 0.1) is 26.3 Å². The highest BCUT2D eigenvalue weighted by molar-refractivity contribution is 5.78. The van der Waals surface area contributed by atoms with Crippen molar-refractivity contribution >= 4 is 5.91 Å². The number of halogens is 3. The maximum absolute atomic E-state index is 12.9. The smallest absolute Gasteiger partial charge is 0.416 e. The molecular formula is C24H29F3N2O3. The number of alkyl halides is 3. The second-order valence-electron chi connectivity index (χ2n) is 7.89. The number of likely N-dealkylation sites (tertiary alicyclic amines) is 1. The van der Waals surface area contributed by atoms with E-state index in [1.807, 2.05) is 18.2 Å². The van der Waals surface area contributed by atoms with E-state index in [-0.39, 0.29) is 18.5 Å². The Morgan fingerprint density at radius 1 is 1.06 bits per heavy atom. The second kappa shape index (κ2) is 10.7. The van der Waals surface area contributed by atoms with E-state index in [1.54, 1.807) is 14.2 Å². The Hall–Kier alpha value is -2.74. The zero-order valence-electron chi connectivity index (χ0n) is 18.4. The van der Waals surface area contributed by atoms with Crippen LogP contribution in [0.25, 0.3) is 0 Å². The predicted molar refractivity (Wildman–Crippen MR) is 116 cm³/mol. The average molecular weight is 451 g/mol. The standard InChI is InChI=1S/C24H29F3N2O3/c1-31-21-11-6-17(15-22(21)32-2)12-13-28-23(30)16-29-14-4-3-5-20(29)18-7-9-19(10-8-18)24(25,26)27/h6-11,15,20H,3-5,12-14,16H2,1-2H3,(H,28,30). The topological polar surface area (TPSA) is 50.8 Å². The molecule has 0 radical (unpaired) electrons. The van der Waals surface area contributed by atoms with Crippen LogP contribution in [0, 0.1) is 0 Å². The maximum Gasteiger partial charge on any atom is 0.416 e. The molecule has 5 nitrogen and oxygen atoms in total. The molecule has 1 aliphatic heterocycles. The predicted octanol–water partition coefficient (Wildman–Crippen LogP) is 4.61. The molecule has 1 unspecified atom stereocenters. The molecule has 3 rings (SSSR count). The van der Waals surface area contributed by atoms with Gasteiger partial charge < -0.3 is 14.8 Å². The van der Waals surface area contributed by atoms with Crippen LogP contribution in [-0.4, -0.2) is 44.7 Å². The molecule has 1 amide bonds. The minimum absolute atomic E-state index is 0.0531. The van der Waals surface area contributed by atoms with Gasteiger partial charge >= 0.3 is 6.18 Å². The van der Waals surface area contributed by atoms with Gasteiger partial charge in [0.1, 0.15) is 0 Å². The van der Waals surface area contributed by atoms with Gasteiger partial charge in [0.15, 0.2) is 11.5 Å². The first kappa shape index (κ1) is 23.9. The van der Waals surface area contributed by atoms with E-state index in [9.17, 15) is 18.0 Å². The van der Waals surface area contributed by atoms with Crippen molar-refractivity contribution in [3.8, 4) is 11.5 Å². The van der Waals surface area contributed by atoms with Gasteiger partial charge in [0.2, 0.25) is 5.91 Å². The number of amides is 1. The highest BCUT2D eigenvalue weighted by atomic mass is 19.4. The molecular weight excluding hydrogens is 421 g/mol. The van der Waals surface area contributed by atoms with Crippen molar-refractivity contribution < 1.29 is 27.4 Å². The van der Waals surface area contributed by atoms with Gasteiger partial charge in [-0.1, -0.05) is 24.6 Å². The van der Waals surface area contributed by atoms with Crippen LogP contribution >= 0.6 is 0 Å². The zero-order chi connectivity index (χ0) is 23.1. The number of nitrogens with one attached hydrogen (secondary N) is 1. The van der Waals surface area contributed by atoms with Crippen LogP contribution in [0.1, 0.15) is 42.0 Å². The zero-order valence-corrected chi connectivity index (χ0v) is 18.4. The van der Waals surface area contributed by atoms with Crippen molar-refractivity contribution in [2.45, 2.75) is 37.9 Å². The molecule has 1 fully saturated rings. The number of carbonyl (C=O) groups excluding carboxylic acids is 1. The maximum atomic E-state index is 12.9. The van der Waals surface area contributed by atoms with Crippen molar-refractivity contribution in [3.05, 3.63) is 59.2 Å². The summed E-state index contributed by atoms with van der Waals surface area (Å²) in [5.74, 6) is 1.20. The molecule has 1 heterocycles. The molecule has 1 atom stereocenters. The Morgan fingerprint density at radius 2 is 1.78 bits per heavy atom. The minimum atomic E-state index is -4.35. The molecule has 2 aromatic carbocycles. The molecule has 0 bridgehead atoms. The number of carbonyl (C=O) groups is 1. The molecule has 174 valence electrons. The summed E-state index contributed by atoms with van der Waals surface area (Å²) >= 11 is 0. The molecule has 0 aromatic heterocycles. The minimum Gasteiger partial charge on any atom is -0.493 e. The number of piperidine rings is 1. The van der Waals surface area contributed by atoms with Gasteiger partial charge in [0, 0.05) is 12.6 Å². The Balaban J connectivity index is 1.55. The summed E-state index contributed by atoms with van der Waals surface area (Å²) in [5, 5.41) is 2.94. The summed E-state index contributed by atoms with van der Waals surface area (Å²) in [5.41, 5.74) is 1.18. The van der Waals surface area contributed by atoms with Gasteiger partial charge in [-0.3, -0.25) is 9.69 Å². The van der Waals surface area contributed by atoms with Gasteiger partial charge in [-0.25, -0.2) is 0 Å². The molecule has 8 heteroatoms. The van der Waals surface area contributed by atoms with E-state index in [1.165, 1.54) is 12.1 Å². The largest absolute Gasteiger partial charge is 0.493 e. The van der Waals surface area contributed by atoms with Crippen molar-refractivity contribution in [2.75, 3.05) is 33.9 Å². The van der Waals surface area contributed by atoms with Crippen molar-refractivity contribution in [1.82, 2.24) is 10.2 Å². The molecule has 0 aliphatic carbocycles. The van der Waals surface area contributed by atoms with Gasteiger partial charge in [-0.15, -0.1) is 0 Å². The average Bonchev–Trinajstić information content (AvgIpc) is 2.79. The van der Waals surface area contributed by atoms with Crippen LogP contribution in [-0.2, 0) is 17.4 Å². The highest BCUT2D eigenvalue weighted by Crippen LogP contribution is 2.34. The Labute approximate surface area is 186 Å². The summed E-state index contributed by atoms with van der Waals surface area (Å²) in [4.78, 5) is 14.6. The lowest BCUT2D eigenvalue weighted by Crippen LogP contribution is -2.42. The van der Waals surface area contributed by atoms with Crippen LogP contribution in [0.5, 0.6) is 11.5 Å². The summed E-state index contributed by atoms with van der Waals surface area (Å²) in [7, 11) is 3.16.